The van der Waals surface area contributed by atoms with E-state index >= 15 is 0 Å². The van der Waals surface area contributed by atoms with Crippen LogP contribution in [0.25, 0.3) is 0 Å². The summed E-state index contributed by atoms with van der Waals surface area (Å²) in [7, 11) is 1.71. The number of likely N-dealkylation sites (tertiary alicyclic amines) is 1. The predicted molar refractivity (Wildman–Crippen MR) is 87.7 cm³/mol. The van der Waals surface area contributed by atoms with E-state index in [0.717, 1.165) is 62.2 Å². The molecule has 2 amide bonds. The maximum absolute atomic E-state index is 12.9. The van der Waals surface area contributed by atoms with Crippen LogP contribution in [0.15, 0.2) is 4.52 Å². The van der Waals surface area contributed by atoms with Crippen LogP contribution in [0.2, 0.25) is 0 Å². The van der Waals surface area contributed by atoms with Gasteiger partial charge < -0.3 is 19.5 Å². The molecule has 1 saturated heterocycles. The minimum Gasteiger partial charge on any atom is -0.382 e. The van der Waals surface area contributed by atoms with E-state index in [2.05, 4.69) is 17.4 Å². The molecule has 128 valence electrons. The number of urea groups is 1. The molecule has 1 aromatic rings. The minimum atomic E-state index is -0.182. The summed E-state index contributed by atoms with van der Waals surface area (Å²) in [5, 5.41) is 7.10. The summed E-state index contributed by atoms with van der Waals surface area (Å²) in [6.07, 6.45) is 6.25. The second kappa shape index (κ2) is 6.51. The Hall–Kier alpha value is -1.56. The van der Waals surface area contributed by atoms with Gasteiger partial charge in [0.15, 0.2) is 5.76 Å². The Morgan fingerprint density at radius 1 is 1.52 bits per heavy atom. The fraction of sp³-hybridized carbons (Fsp3) is 0.765. The average Bonchev–Trinajstić information content (AvgIpc) is 3.19. The molecule has 6 heteroatoms. The maximum atomic E-state index is 12.9. The molecule has 0 radical (unpaired) electrons. The van der Waals surface area contributed by atoms with Crippen molar-refractivity contribution in [3.63, 3.8) is 0 Å². The van der Waals surface area contributed by atoms with Gasteiger partial charge in [0.25, 0.3) is 0 Å². The zero-order chi connectivity index (χ0) is 16.4. The van der Waals surface area contributed by atoms with E-state index in [1.165, 1.54) is 0 Å². The van der Waals surface area contributed by atoms with Crippen LogP contribution in [0.3, 0.4) is 0 Å². The molecular formula is C17H27N3O3. The van der Waals surface area contributed by atoms with E-state index in [9.17, 15) is 4.79 Å². The van der Waals surface area contributed by atoms with Crippen molar-refractivity contribution in [2.24, 2.45) is 0 Å². The third-order valence-corrected chi connectivity index (χ3v) is 5.04. The summed E-state index contributed by atoms with van der Waals surface area (Å²) in [5.41, 5.74) is 1.35. The van der Waals surface area contributed by atoms with E-state index in [0.29, 0.717) is 12.5 Å². The van der Waals surface area contributed by atoms with Crippen molar-refractivity contribution < 1.29 is 14.1 Å². The standard InChI is InChI=1S/C17H27N3O3/c1-4-8-17(11-22-3)9-5-10-20(17)16(21)18-14-12(2)19-23-15(14)13-6-7-13/h13H,4-11H2,1-3H3,(H,18,21)/t17-/m0/s1. The fourth-order valence-electron chi connectivity index (χ4n) is 3.81. The van der Waals surface area contributed by atoms with Gasteiger partial charge in [-0.3, -0.25) is 0 Å². The molecule has 6 nitrogen and oxygen atoms in total. The average molecular weight is 321 g/mol. The third-order valence-electron chi connectivity index (χ3n) is 5.04. The van der Waals surface area contributed by atoms with Crippen molar-refractivity contribution in [3.8, 4) is 0 Å². The van der Waals surface area contributed by atoms with Crippen LogP contribution >= 0.6 is 0 Å². The lowest BCUT2D eigenvalue weighted by Gasteiger charge is -2.38. The molecule has 2 aliphatic rings. The Morgan fingerprint density at radius 2 is 2.30 bits per heavy atom. The SMILES string of the molecule is CCC[C@@]1(COC)CCCN1C(=O)Nc1c(C)noc1C1CC1. The Balaban J connectivity index is 1.78. The van der Waals surface area contributed by atoms with Gasteiger partial charge in [-0.05, 0) is 39.0 Å². The first-order valence-corrected chi connectivity index (χ1v) is 8.65. The number of hydrogen-bond acceptors (Lipinski definition) is 4. The van der Waals surface area contributed by atoms with Gasteiger partial charge in [-0.1, -0.05) is 18.5 Å². The molecule has 1 aliphatic heterocycles. The molecule has 0 unspecified atom stereocenters. The zero-order valence-electron chi connectivity index (χ0n) is 14.4. The molecule has 1 N–H and O–H groups in total. The second-order valence-electron chi connectivity index (χ2n) is 6.87. The highest BCUT2D eigenvalue weighted by molar-refractivity contribution is 5.91. The van der Waals surface area contributed by atoms with Crippen LogP contribution in [-0.4, -0.2) is 41.9 Å². The number of rotatable bonds is 6. The summed E-state index contributed by atoms with van der Waals surface area (Å²) in [5.74, 6) is 1.26. The largest absolute Gasteiger partial charge is 0.382 e. The fourth-order valence-corrected chi connectivity index (χ4v) is 3.81. The highest BCUT2D eigenvalue weighted by Crippen LogP contribution is 2.44. The van der Waals surface area contributed by atoms with Crippen molar-refractivity contribution in [2.75, 3.05) is 25.6 Å². The van der Waals surface area contributed by atoms with Crippen molar-refractivity contribution in [1.29, 1.82) is 0 Å². The van der Waals surface area contributed by atoms with E-state index in [1.54, 1.807) is 7.11 Å². The quantitative estimate of drug-likeness (QED) is 0.868. The summed E-state index contributed by atoms with van der Waals surface area (Å²) in [6, 6.07) is -0.0544. The molecule has 0 spiro atoms. The third kappa shape index (κ3) is 3.09. The van der Waals surface area contributed by atoms with Gasteiger partial charge in [-0.2, -0.15) is 0 Å². The van der Waals surface area contributed by atoms with Gasteiger partial charge >= 0.3 is 6.03 Å². The number of ether oxygens (including phenoxy) is 1. The lowest BCUT2D eigenvalue weighted by molar-refractivity contribution is 0.0540. The zero-order valence-corrected chi connectivity index (χ0v) is 14.4. The predicted octanol–water partition coefficient (Wildman–Crippen LogP) is 3.67. The normalized spacial score (nSPS) is 24.2. The number of hydrogen-bond donors (Lipinski definition) is 1. The van der Waals surface area contributed by atoms with Gasteiger partial charge in [-0.15, -0.1) is 0 Å². The lowest BCUT2D eigenvalue weighted by atomic mass is 9.91. The molecule has 1 aromatic heterocycles. The summed E-state index contributed by atoms with van der Waals surface area (Å²) >= 11 is 0. The Morgan fingerprint density at radius 3 is 2.96 bits per heavy atom. The molecule has 0 aromatic carbocycles. The summed E-state index contributed by atoms with van der Waals surface area (Å²) in [4.78, 5) is 14.9. The molecule has 0 bridgehead atoms. The Kier molecular flexibility index (Phi) is 4.62. The van der Waals surface area contributed by atoms with Gasteiger partial charge in [0.05, 0.1) is 12.1 Å². The van der Waals surface area contributed by atoms with Gasteiger partial charge in [-0.25, -0.2) is 4.79 Å². The van der Waals surface area contributed by atoms with E-state index in [1.807, 2.05) is 11.8 Å². The van der Waals surface area contributed by atoms with Crippen molar-refractivity contribution in [3.05, 3.63) is 11.5 Å². The van der Waals surface area contributed by atoms with E-state index in [-0.39, 0.29) is 11.6 Å². The maximum Gasteiger partial charge on any atom is 0.322 e. The van der Waals surface area contributed by atoms with Crippen LogP contribution < -0.4 is 5.32 Å². The lowest BCUT2D eigenvalue weighted by Crippen LogP contribution is -2.52. The molecule has 1 atom stereocenters. The van der Waals surface area contributed by atoms with Crippen molar-refractivity contribution in [1.82, 2.24) is 10.1 Å². The van der Waals surface area contributed by atoms with Crippen LogP contribution in [-0.2, 0) is 4.74 Å². The van der Waals surface area contributed by atoms with Crippen LogP contribution in [0.5, 0.6) is 0 Å². The molecule has 1 saturated carbocycles. The molecule has 3 rings (SSSR count). The minimum absolute atomic E-state index is 0.0544. The van der Waals surface area contributed by atoms with Gasteiger partial charge in [0, 0.05) is 19.6 Å². The number of methoxy groups -OCH3 is 1. The number of carbonyl (C=O) groups excluding carboxylic acids is 1. The van der Waals surface area contributed by atoms with Gasteiger partial charge in [0.1, 0.15) is 11.4 Å². The summed E-state index contributed by atoms with van der Waals surface area (Å²) < 4.78 is 10.9. The number of carbonyl (C=O) groups is 1. The van der Waals surface area contributed by atoms with Crippen LogP contribution in [0.4, 0.5) is 10.5 Å². The van der Waals surface area contributed by atoms with Gasteiger partial charge in [0.2, 0.25) is 0 Å². The number of aromatic nitrogens is 1. The first-order valence-electron chi connectivity index (χ1n) is 8.65. The topological polar surface area (TPSA) is 67.6 Å². The molecule has 23 heavy (non-hydrogen) atoms. The Bertz CT molecular complexity index is 559. The molecule has 1 aliphatic carbocycles. The second-order valence-corrected chi connectivity index (χ2v) is 6.87. The smallest absolute Gasteiger partial charge is 0.322 e. The van der Waals surface area contributed by atoms with E-state index < -0.39 is 0 Å². The number of anilines is 1. The molecule has 2 heterocycles. The number of nitrogens with zero attached hydrogens (tertiary/aromatic N) is 2. The molecular weight excluding hydrogens is 294 g/mol. The summed E-state index contributed by atoms with van der Waals surface area (Å²) in [6.45, 7) is 5.40. The number of aryl methyl sites for hydroxylation is 1. The number of nitrogens with one attached hydrogen (secondary N) is 1. The first-order chi connectivity index (χ1) is 11.1. The van der Waals surface area contributed by atoms with Crippen LogP contribution in [0.1, 0.15) is 62.8 Å². The number of amides is 2. The van der Waals surface area contributed by atoms with E-state index in [4.69, 9.17) is 9.26 Å². The van der Waals surface area contributed by atoms with Crippen LogP contribution in [0, 0.1) is 6.92 Å². The molecule has 2 fully saturated rings. The highest BCUT2D eigenvalue weighted by Gasteiger charge is 2.43. The van der Waals surface area contributed by atoms with Crippen molar-refractivity contribution in [2.45, 2.75) is 63.8 Å². The Labute approximate surface area is 137 Å². The first kappa shape index (κ1) is 16.3. The highest BCUT2D eigenvalue weighted by atomic mass is 16.5. The monoisotopic (exact) mass is 321 g/mol. The van der Waals surface area contributed by atoms with Crippen molar-refractivity contribution >= 4 is 11.7 Å².